The monoisotopic (exact) mass is 263 g/mol. The Bertz CT molecular complexity index is 460. The van der Waals surface area contributed by atoms with Crippen molar-refractivity contribution >= 4 is 23.6 Å². The van der Waals surface area contributed by atoms with Gasteiger partial charge in [-0.1, -0.05) is 24.4 Å². The summed E-state index contributed by atoms with van der Waals surface area (Å²) >= 11 is 6.13. The number of hydrogen-bond acceptors (Lipinski definition) is 2. The lowest BCUT2D eigenvalue weighted by Crippen LogP contribution is -2.34. The number of rotatable bonds is 2. The lowest BCUT2D eigenvalue weighted by Gasteiger charge is -2.33. The van der Waals surface area contributed by atoms with E-state index in [9.17, 15) is 4.79 Å². The standard InChI is InChI=1S/C15H18ClNO/c16-14-9-13(6-5-12(14)10-18)17-8-7-11-3-1-2-4-15(11)17/h5-6,9-11,15H,1-4,7-8H2. The van der Waals surface area contributed by atoms with Crippen LogP contribution in [0.2, 0.25) is 5.02 Å². The van der Waals surface area contributed by atoms with Gasteiger partial charge >= 0.3 is 0 Å². The van der Waals surface area contributed by atoms with Crippen molar-refractivity contribution in [3.05, 3.63) is 28.8 Å². The quantitative estimate of drug-likeness (QED) is 0.754. The lowest BCUT2D eigenvalue weighted by atomic mass is 9.85. The van der Waals surface area contributed by atoms with Gasteiger partial charge in [0.1, 0.15) is 0 Å². The summed E-state index contributed by atoms with van der Waals surface area (Å²) in [4.78, 5) is 13.3. The molecule has 3 rings (SSSR count). The van der Waals surface area contributed by atoms with E-state index in [-0.39, 0.29) is 0 Å². The van der Waals surface area contributed by atoms with Crippen molar-refractivity contribution in [2.75, 3.05) is 11.4 Å². The molecule has 1 aliphatic heterocycles. The topological polar surface area (TPSA) is 20.3 Å². The van der Waals surface area contributed by atoms with E-state index in [4.69, 9.17) is 11.6 Å². The molecule has 2 aliphatic rings. The molecule has 1 saturated carbocycles. The van der Waals surface area contributed by atoms with Crippen LogP contribution in [-0.4, -0.2) is 18.9 Å². The molecule has 0 bridgehead atoms. The number of anilines is 1. The van der Waals surface area contributed by atoms with Gasteiger partial charge in [-0.2, -0.15) is 0 Å². The highest BCUT2D eigenvalue weighted by atomic mass is 35.5. The summed E-state index contributed by atoms with van der Waals surface area (Å²) in [5.74, 6) is 0.864. The summed E-state index contributed by atoms with van der Waals surface area (Å²) < 4.78 is 0. The highest BCUT2D eigenvalue weighted by Gasteiger charge is 2.35. The van der Waals surface area contributed by atoms with E-state index in [0.29, 0.717) is 16.6 Å². The van der Waals surface area contributed by atoms with Gasteiger partial charge in [0, 0.05) is 23.8 Å². The third-order valence-electron chi connectivity index (χ3n) is 4.45. The molecule has 0 aromatic heterocycles. The van der Waals surface area contributed by atoms with Gasteiger partial charge in [-0.25, -0.2) is 0 Å². The van der Waals surface area contributed by atoms with Crippen LogP contribution in [0.25, 0.3) is 0 Å². The van der Waals surface area contributed by atoms with Crippen molar-refractivity contribution in [1.29, 1.82) is 0 Å². The minimum atomic E-state index is 0.571. The van der Waals surface area contributed by atoms with E-state index in [1.54, 1.807) is 0 Å². The van der Waals surface area contributed by atoms with Crippen LogP contribution in [0.1, 0.15) is 42.5 Å². The van der Waals surface area contributed by atoms with Gasteiger partial charge < -0.3 is 4.90 Å². The molecule has 96 valence electrons. The minimum Gasteiger partial charge on any atom is -0.368 e. The first-order valence-corrected chi connectivity index (χ1v) is 7.19. The Balaban J connectivity index is 1.86. The fourth-order valence-corrected chi connectivity index (χ4v) is 3.74. The smallest absolute Gasteiger partial charge is 0.151 e. The highest BCUT2D eigenvalue weighted by Crippen LogP contribution is 2.39. The molecule has 2 nitrogen and oxygen atoms in total. The van der Waals surface area contributed by atoms with E-state index in [0.717, 1.165) is 18.7 Å². The molecule has 1 heterocycles. The molecule has 0 N–H and O–H groups in total. The largest absolute Gasteiger partial charge is 0.368 e. The Morgan fingerprint density at radius 1 is 1.22 bits per heavy atom. The van der Waals surface area contributed by atoms with Crippen LogP contribution in [-0.2, 0) is 0 Å². The van der Waals surface area contributed by atoms with Gasteiger partial charge in [-0.3, -0.25) is 4.79 Å². The van der Waals surface area contributed by atoms with E-state index >= 15 is 0 Å². The average molecular weight is 264 g/mol. The maximum absolute atomic E-state index is 10.8. The summed E-state index contributed by atoms with van der Waals surface area (Å²) in [5.41, 5.74) is 1.76. The summed E-state index contributed by atoms with van der Waals surface area (Å²) in [7, 11) is 0. The van der Waals surface area contributed by atoms with Gasteiger partial charge in [0.05, 0.1) is 5.02 Å². The van der Waals surface area contributed by atoms with Crippen molar-refractivity contribution in [2.24, 2.45) is 5.92 Å². The van der Waals surface area contributed by atoms with Crippen molar-refractivity contribution in [2.45, 2.75) is 38.1 Å². The van der Waals surface area contributed by atoms with E-state index in [1.165, 1.54) is 37.8 Å². The second-order valence-corrected chi connectivity index (χ2v) is 5.82. The van der Waals surface area contributed by atoms with E-state index < -0.39 is 0 Å². The number of hydrogen-bond donors (Lipinski definition) is 0. The summed E-state index contributed by atoms with van der Waals surface area (Å²) in [6.07, 6.45) is 7.54. The average Bonchev–Trinajstić information content (AvgIpc) is 2.82. The molecule has 1 aliphatic carbocycles. The van der Waals surface area contributed by atoms with Gasteiger partial charge in [-0.15, -0.1) is 0 Å². The van der Waals surface area contributed by atoms with Gasteiger partial charge in [0.2, 0.25) is 0 Å². The summed E-state index contributed by atoms with van der Waals surface area (Å²) in [5, 5.41) is 0.571. The van der Waals surface area contributed by atoms with Crippen LogP contribution >= 0.6 is 11.6 Å². The first-order valence-electron chi connectivity index (χ1n) is 6.81. The lowest BCUT2D eigenvalue weighted by molar-refractivity contribution is 0.112. The summed E-state index contributed by atoms with van der Waals surface area (Å²) in [6.45, 7) is 1.13. The molecule has 1 aromatic carbocycles. The first-order chi connectivity index (χ1) is 8.79. The van der Waals surface area contributed by atoms with Crippen LogP contribution in [0.4, 0.5) is 5.69 Å². The number of fused-ring (bicyclic) bond motifs is 1. The third kappa shape index (κ3) is 2.03. The number of benzene rings is 1. The first kappa shape index (κ1) is 12.0. The molecule has 18 heavy (non-hydrogen) atoms. The van der Waals surface area contributed by atoms with Crippen molar-refractivity contribution in [3.8, 4) is 0 Å². The van der Waals surface area contributed by atoms with E-state index in [2.05, 4.69) is 4.90 Å². The van der Waals surface area contributed by atoms with Crippen molar-refractivity contribution < 1.29 is 4.79 Å². The maximum Gasteiger partial charge on any atom is 0.151 e. The Hall–Kier alpha value is -1.02. The maximum atomic E-state index is 10.8. The van der Waals surface area contributed by atoms with E-state index in [1.807, 2.05) is 18.2 Å². The molecule has 2 unspecified atom stereocenters. The Labute approximate surface area is 113 Å². The number of aldehydes is 1. The number of halogens is 1. The molecule has 0 amide bonds. The van der Waals surface area contributed by atoms with Crippen LogP contribution in [0.15, 0.2) is 18.2 Å². The molecular formula is C15H18ClNO. The van der Waals surface area contributed by atoms with Gasteiger partial charge in [-0.05, 0) is 43.4 Å². The zero-order valence-electron chi connectivity index (χ0n) is 10.4. The van der Waals surface area contributed by atoms with Crippen molar-refractivity contribution in [1.82, 2.24) is 0 Å². The second-order valence-electron chi connectivity index (χ2n) is 5.42. The predicted molar refractivity (Wildman–Crippen MR) is 74.5 cm³/mol. The fourth-order valence-electron chi connectivity index (χ4n) is 3.52. The molecule has 0 radical (unpaired) electrons. The fraction of sp³-hybridized carbons (Fsp3) is 0.533. The molecule has 1 aromatic rings. The van der Waals surface area contributed by atoms with Crippen LogP contribution in [0, 0.1) is 5.92 Å². The number of carbonyl (C=O) groups is 1. The molecule has 2 atom stereocenters. The van der Waals surface area contributed by atoms with Crippen LogP contribution in [0.5, 0.6) is 0 Å². The second kappa shape index (κ2) is 4.93. The zero-order valence-corrected chi connectivity index (χ0v) is 11.2. The van der Waals surface area contributed by atoms with Crippen LogP contribution < -0.4 is 4.90 Å². The zero-order chi connectivity index (χ0) is 12.5. The molecule has 2 fully saturated rings. The molecule has 0 spiro atoms. The third-order valence-corrected chi connectivity index (χ3v) is 4.78. The van der Waals surface area contributed by atoms with Gasteiger partial charge in [0.15, 0.2) is 6.29 Å². The number of nitrogens with zero attached hydrogens (tertiary/aromatic N) is 1. The molecule has 1 saturated heterocycles. The highest BCUT2D eigenvalue weighted by molar-refractivity contribution is 6.33. The normalized spacial score (nSPS) is 27.1. The van der Waals surface area contributed by atoms with Crippen LogP contribution in [0.3, 0.4) is 0 Å². The molecule has 3 heteroatoms. The predicted octanol–water partition coefficient (Wildman–Crippen LogP) is 3.92. The Morgan fingerprint density at radius 3 is 2.83 bits per heavy atom. The number of carbonyl (C=O) groups excluding carboxylic acids is 1. The molecular weight excluding hydrogens is 246 g/mol. The van der Waals surface area contributed by atoms with Crippen molar-refractivity contribution in [3.63, 3.8) is 0 Å². The Morgan fingerprint density at radius 2 is 2.06 bits per heavy atom. The SMILES string of the molecule is O=Cc1ccc(N2CCC3CCCCC32)cc1Cl. The van der Waals surface area contributed by atoms with Gasteiger partial charge in [0.25, 0.3) is 0 Å². The minimum absolute atomic E-state index is 0.571. The Kier molecular flexibility index (Phi) is 3.29. The summed E-state index contributed by atoms with van der Waals surface area (Å²) in [6, 6.07) is 6.51.